The van der Waals surface area contributed by atoms with Crippen LogP contribution in [0.5, 0.6) is 0 Å². The fourth-order valence-electron chi connectivity index (χ4n) is 5.97. The van der Waals surface area contributed by atoms with Gasteiger partial charge >= 0.3 is 0 Å². The molecule has 0 bridgehead atoms. The molecular formula is C37H21NO2. The van der Waals surface area contributed by atoms with Crippen molar-refractivity contribution < 1.29 is 8.83 Å². The van der Waals surface area contributed by atoms with Gasteiger partial charge in [-0.05, 0) is 75.8 Å². The van der Waals surface area contributed by atoms with Crippen molar-refractivity contribution in [3.05, 3.63) is 133 Å². The molecule has 0 radical (unpaired) electrons. The van der Waals surface area contributed by atoms with Crippen molar-refractivity contribution in [2.75, 3.05) is 0 Å². The summed E-state index contributed by atoms with van der Waals surface area (Å²) in [5, 5.41) is 14.1. The highest BCUT2D eigenvalue weighted by Gasteiger charge is 2.19. The molecule has 0 spiro atoms. The average molecular weight is 512 g/mol. The third-order valence-electron chi connectivity index (χ3n) is 7.73. The molecule has 0 aliphatic carbocycles. The normalized spacial score (nSPS) is 11.5. The van der Waals surface area contributed by atoms with E-state index in [9.17, 15) is 5.26 Å². The average Bonchev–Trinajstić information content (AvgIpc) is 3.59. The number of rotatable bonds is 3. The minimum absolute atomic E-state index is 0.626. The number of nitriles is 1. The monoisotopic (exact) mass is 511 g/mol. The topological polar surface area (TPSA) is 50.1 Å². The first-order valence-electron chi connectivity index (χ1n) is 13.2. The smallest absolute Gasteiger partial charge is 0.136 e. The molecule has 0 fully saturated rings. The van der Waals surface area contributed by atoms with E-state index in [1.54, 1.807) is 0 Å². The molecule has 40 heavy (non-hydrogen) atoms. The molecule has 0 aliphatic heterocycles. The van der Waals surface area contributed by atoms with E-state index in [-0.39, 0.29) is 0 Å². The van der Waals surface area contributed by atoms with Crippen molar-refractivity contribution in [3.63, 3.8) is 0 Å². The lowest BCUT2D eigenvalue weighted by atomic mass is 9.85. The van der Waals surface area contributed by atoms with Crippen LogP contribution in [0.1, 0.15) is 5.56 Å². The minimum atomic E-state index is 0.626. The van der Waals surface area contributed by atoms with Crippen LogP contribution in [0, 0.1) is 11.3 Å². The second-order valence-corrected chi connectivity index (χ2v) is 10.0. The van der Waals surface area contributed by atoms with Crippen LogP contribution in [-0.2, 0) is 0 Å². The number of hydrogen-bond donors (Lipinski definition) is 0. The van der Waals surface area contributed by atoms with E-state index in [2.05, 4.69) is 66.7 Å². The van der Waals surface area contributed by atoms with E-state index in [1.165, 1.54) is 0 Å². The van der Waals surface area contributed by atoms with Crippen LogP contribution in [0.3, 0.4) is 0 Å². The third-order valence-corrected chi connectivity index (χ3v) is 7.73. The molecule has 0 amide bonds. The van der Waals surface area contributed by atoms with Gasteiger partial charge in [0.15, 0.2) is 0 Å². The molecule has 0 N–H and O–H groups in total. The minimum Gasteiger partial charge on any atom is -0.456 e. The molecule has 0 unspecified atom stereocenters. The Kier molecular flexibility index (Phi) is 4.89. The first-order chi connectivity index (χ1) is 19.8. The van der Waals surface area contributed by atoms with Gasteiger partial charge in [-0.15, -0.1) is 0 Å². The Labute approximate surface area is 230 Å². The molecule has 0 aliphatic rings. The summed E-state index contributed by atoms with van der Waals surface area (Å²) in [4.78, 5) is 0. The van der Waals surface area contributed by atoms with Crippen molar-refractivity contribution >= 4 is 43.9 Å². The summed E-state index contributed by atoms with van der Waals surface area (Å²) < 4.78 is 12.4. The predicted octanol–water partition coefficient (Wildman–Crippen LogP) is 10.4. The second kappa shape index (κ2) is 8.73. The predicted molar refractivity (Wildman–Crippen MR) is 162 cm³/mol. The fraction of sp³-hybridized carbons (Fsp3) is 0. The van der Waals surface area contributed by atoms with Crippen LogP contribution >= 0.6 is 0 Å². The van der Waals surface area contributed by atoms with Crippen LogP contribution in [0.25, 0.3) is 77.3 Å². The maximum atomic E-state index is 9.74. The fourth-order valence-corrected chi connectivity index (χ4v) is 5.97. The Morgan fingerprint density at radius 2 is 1.10 bits per heavy atom. The molecule has 0 saturated carbocycles. The van der Waals surface area contributed by atoms with Crippen molar-refractivity contribution in [1.82, 2.24) is 0 Å². The van der Waals surface area contributed by atoms with Gasteiger partial charge in [-0.2, -0.15) is 5.26 Å². The number of nitrogens with zero attached hydrogens (tertiary/aromatic N) is 1. The van der Waals surface area contributed by atoms with Gasteiger partial charge in [-0.1, -0.05) is 84.9 Å². The lowest BCUT2D eigenvalue weighted by molar-refractivity contribution is 0.668. The number of fused-ring (bicyclic) bond motifs is 6. The molecule has 3 nitrogen and oxygen atoms in total. The van der Waals surface area contributed by atoms with Crippen LogP contribution < -0.4 is 0 Å². The third kappa shape index (κ3) is 3.37. The van der Waals surface area contributed by atoms with Gasteiger partial charge < -0.3 is 8.83 Å². The molecule has 186 valence electrons. The summed E-state index contributed by atoms with van der Waals surface area (Å²) in [5.74, 6) is 0. The zero-order chi connectivity index (χ0) is 26.6. The Bertz CT molecular complexity index is 2290. The summed E-state index contributed by atoms with van der Waals surface area (Å²) in [6, 6.07) is 45.6. The van der Waals surface area contributed by atoms with Gasteiger partial charge in [0.05, 0.1) is 11.6 Å². The summed E-state index contributed by atoms with van der Waals surface area (Å²) >= 11 is 0. The summed E-state index contributed by atoms with van der Waals surface area (Å²) in [6.45, 7) is 0. The Balaban J connectivity index is 1.46. The molecule has 2 heterocycles. The number of furan rings is 2. The number of para-hydroxylation sites is 2. The van der Waals surface area contributed by atoms with Crippen molar-refractivity contribution in [3.8, 4) is 39.4 Å². The van der Waals surface area contributed by atoms with Crippen LogP contribution in [-0.4, -0.2) is 0 Å². The number of hydrogen-bond acceptors (Lipinski definition) is 3. The maximum Gasteiger partial charge on any atom is 0.136 e. The van der Waals surface area contributed by atoms with Crippen LogP contribution in [0.15, 0.2) is 136 Å². The molecular weight excluding hydrogens is 490 g/mol. The van der Waals surface area contributed by atoms with E-state index in [0.717, 1.165) is 77.3 Å². The quantitative estimate of drug-likeness (QED) is 0.237. The molecule has 8 aromatic rings. The lowest BCUT2D eigenvalue weighted by Crippen LogP contribution is -1.92. The lowest BCUT2D eigenvalue weighted by Gasteiger charge is -2.17. The molecule has 8 rings (SSSR count). The van der Waals surface area contributed by atoms with Crippen LogP contribution in [0.2, 0.25) is 0 Å². The van der Waals surface area contributed by atoms with E-state index in [1.807, 2.05) is 66.7 Å². The molecule has 0 atom stereocenters. The molecule has 6 aromatic carbocycles. The van der Waals surface area contributed by atoms with E-state index in [0.29, 0.717) is 5.56 Å². The largest absolute Gasteiger partial charge is 0.456 e. The van der Waals surface area contributed by atoms with E-state index < -0.39 is 0 Å². The van der Waals surface area contributed by atoms with Crippen LogP contribution in [0.4, 0.5) is 0 Å². The Morgan fingerprint density at radius 3 is 1.98 bits per heavy atom. The molecule has 0 saturated heterocycles. The van der Waals surface area contributed by atoms with Gasteiger partial charge in [0, 0.05) is 21.5 Å². The van der Waals surface area contributed by atoms with Gasteiger partial charge in [0.2, 0.25) is 0 Å². The van der Waals surface area contributed by atoms with E-state index >= 15 is 0 Å². The van der Waals surface area contributed by atoms with E-state index in [4.69, 9.17) is 8.83 Å². The van der Waals surface area contributed by atoms with Gasteiger partial charge in [0.1, 0.15) is 22.3 Å². The molecule has 2 aromatic heterocycles. The van der Waals surface area contributed by atoms with Gasteiger partial charge in [-0.3, -0.25) is 0 Å². The highest BCUT2D eigenvalue weighted by atomic mass is 16.3. The summed E-state index contributed by atoms with van der Waals surface area (Å²) in [5.41, 5.74) is 10.5. The van der Waals surface area contributed by atoms with Crippen molar-refractivity contribution in [2.45, 2.75) is 0 Å². The zero-order valence-electron chi connectivity index (χ0n) is 21.4. The zero-order valence-corrected chi connectivity index (χ0v) is 21.4. The summed E-state index contributed by atoms with van der Waals surface area (Å²) in [6.07, 6.45) is 0. The SMILES string of the molecule is N#Cc1cccc(-c2c(-c3ccc4oc5ccccc5c4c3)cccc2-c2cccc3oc4ccccc4c23)c1. The first kappa shape index (κ1) is 22.4. The Morgan fingerprint density at radius 1 is 0.450 bits per heavy atom. The second-order valence-electron chi connectivity index (χ2n) is 10.0. The standard InChI is InChI=1S/C37H21NO2/c38-22-23-8-5-9-25(20-23)36-26(24-18-19-34-31(21-24)27-10-1-3-15-32(27)39-34)12-6-13-28(36)29-14-7-17-35-37(29)30-11-2-4-16-33(30)40-35/h1-21H. The summed E-state index contributed by atoms with van der Waals surface area (Å²) in [7, 11) is 0. The molecule has 3 heteroatoms. The highest BCUT2D eigenvalue weighted by Crippen LogP contribution is 2.45. The Hall–Kier alpha value is -5.59. The van der Waals surface area contributed by atoms with Gasteiger partial charge in [0.25, 0.3) is 0 Å². The first-order valence-corrected chi connectivity index (χ1v) is 13.2. The van der Waals surface area contributed by atoms with Crippen molar-refractivity contribution in [1.29, 1.82) is 5.26 Å². The van der Waals surface area contributed by atoms with Crippen molar-refractivity contribution in [2.24, 2.45) is 0 Å². The highest BCUT2D eigenvalue weighted by molar-refractivity contribution is 6.15. The maximum absolute atomic E-state index is 9.74. The number of benzene rings is 6. The van der Waals surface area contributed by atoms with Gasteiger partial charge in [-0.25, -0.2) is 0 Å².